The summed E-state index contributed by atoms with van der Waals surface area (Å²) in [6.45, 7) is 2.52. The molecule has 6 heteroatoms. The van der Waals surface area contributed by atoms with Crippen molar-refractivity contribution in [2.45, 2.75) is 13.5 Å². The molecule has 0 heterocycles. The van der Waals surface area contributed by atoms with Crippen molar-refractivity contribution >= 4 is 35.6 Å². The SMILES string of the molecule is COc1ccc(NC(N)=NCc2ccc(OC)c(C)c2)cc1.I. The summed E-state index contributed by atoms with van der Waals surface area (Å²) in [5.74, 6) is 2.05. The van der Waals surface area contributed by atoms with E-state index in [0.717, 1.165) is 28.3 Å². The first-order valence-electron chi connectivity index (χ1n) is 6.97. The summed E-state index contributed by atoms with van der Waals surface area (Å²) in [7, 11) is 3.30. The Morgan fingerprint density at radius 2 is 1.78 bits per heavy atom. The summed E-state index contributed by atoms with van der Waals surface area (Å²) >= 11 is 0. The maximum Gasteiger partial charge on any atom is 0.193 e. The van der Waals surface area contributed by atoms with Gasteiger partial charge in [0.2, 0.25) is 0 Å². The van der Waals surface area contributed by atoms with E-state index in [4.69, 9.17) is 15.2 Å². The molecule has 5 nitrogen and oxygen atoms in total. The Balaban J connectivity index is 0.00000264. The number of halogens is 1. The Labute approximate surface area is 153 Å². The molecule has 0 atom stereocenters. The maximum absolute atomic E-state index is 5.90. The number of guanidine groups is 1. The Morgan fingerprint density at radius 1 is 1.09 bits per heavy atom. The predicted molar refractivity (Wildman–Crippen MR) is 105 cm³/mol. The Morgan fingerprint density at radius 3 is 2.35 bits per heavy atom. The number of nitrogens with one attached hydrogen (secondary N) is 1. The van der Waals surface area contributed by atoms with E-state index < -0.39 is 0 Å². The van der Waals surface area contributed by atoms with Gasteiger partial charge >= 0.3 is 0 Å². The van der Waals surface area contributed by atoms with E-state index in [2.05, 4.69) is 10.3 Å². The van der Waals surface area contributed by atoms with Crippen LogP contribution in [0, 0.1) is 6.92 Å². The fourth-order valence-corrected chi connectivity index (χ4v) is 2.08. The molecule has 2 aromatic rings. The number of benzene rings is 2. The highest BCUT2D eigenvalue weighted by molar-refractivity contribution is 14.0. The van der Waals surface area contributed by atoms with Crippen LogP contribution in [0.1, 0.15) is 11.1 Å². The van der Waals surface area contributed by atoms with Gasteiger partial charge < -0.3 is 20.5 Å². The van der Waals surface area contributed by atoms with Gasteiger partial charge in [-0.05, 0) is 48.4 Å². The summed E-state index contributed by atoms with van der Waals surface area (Å²) in [4.78, 5) is 4.34. The number of methoxy groups -OCH3 is 2. The Hall–Kier alpha value is -1.96. The molecule has 0 spiro atoms. The summed E-state index contributed by atoms with van der Waals surface area (Å²) in [6.07, 6.45) is 0. The molecule has 0 aliphatic heterocycles. The first-order chi connectivity index (χ1) is 10.6. The van der Waals surface area contributed by atoms with Crippen LogP contribution in [0.4, 0.5) is 5.69 Å². The van der Waals surface area contributed by atoms with Gasteiger partial charge in [0.1, 0.15) is 11.5 Å². The van der Waals surface area contributed by atoms with E-state index in [1.54, 1.807) is 14.2 Å². The number of rotatable bonds is 5. The molecule has 0 fully saturated rings. The smallest absolute Gasteiger partial charge is 0.193 e. The minimum Gasteiger partial charge on any atom is -0.497 e. The van der Waals surface area contributed by atoms with Gasteiger partial charge in [-0.3, -0.25) is 0 Å². The first-order valence-corrected chi connectivity index (χ1v) is 6.97. The van der Waals surface area contributed by atoms with Crippen molar-refractivity contribution < 1.29 is 9.47 Å². The van der Waals surface area contributed by atoms with Crippen LogP contribution in [0.25, 0.3) is 0 Å². The molecule has 0 saturated heterocycles. The van der Waals surface area contributed by atoms with Crippen LogP contribution in [0.3, 0.4) is 0 Å². The number of hydrogen-bond donors (Lipinski definition) is 2. The molecular weight excluding hydrogens is 405 g/mol. The minimum absolute atomic E-state index is 0. The molecule has 0 radical (unpaired) electrons. The van der Waals surface area contributed by atoms with Crippen LogP contribution in [-0.2, 0) is 6.54 Å². The van der Waals surface area contributed by atoms with Crippen molar-refractivity contribution in [3.8, 4) is 11.5 Å². The molecular formula is C17H22IN3O2. The highest BCUT2D eigenvalue weighted by Gasteiger charge is 2.00. The summed E-state index contributed by atoms with van der Waals surface area (Å²) in [5.41, 5.74) is 8.93. The molecule has 0 amide bonds. The largest absolute Gasteiger partial charge is 0.497 e. The van der Waals surface area contributed by atoms with Crippen LogP contribution in [-0.4, -0.2) is 20.2 Å². The minimum atomic E-state index is 0. The third kappa shape index (κ3) is 5.63. The molecule has 0 bridgehead atoms. The van der Waals surface area contributed by atoms with Gasteiger partial charge in [0, 0.05) is 5.69 Å². The number of aryl methyl sites for hydroxylation is 1. The lowest BCUT2D eigenvalue weighted by Crippen LogP contribution is -2.22. The van der Waals surface area contributed by atoms with Crippen LogP contribution >= 0.6 is 24.0 Å². The van der Waals surface area contributed by atoms with Gasteiger partial charge in [-0.2, -0.15) is 0 Å². The molecule has 3 N–H and O–H groups in total. The predicted octanol–water partition coefficient (Wildman–Crippen LogP) is 3.56. The van der Waals surface area contributed by atoms with E-state index in [0.29, 0.717) is 12.5 Å². The monoisotopic (exact) mass is 427 g/mol. The van der Waals surface area contributed by atoms with Gasteiger partial charge in [0.25, 0.3) is 0 Å². The van der Waals surface area contributed by atoms with Gasteiger partial charge in [0.05, 0.1) is 20.8 Å². The van der Waals surface area contributed by atoms with E-state index in [1.807, 2.05) is 49.4 Å². The fraction of sp³-hybridized carbons (Fsp3) is 0.235. The van der Waals surface area contributed by atoms with Gasteiger partial charge in [-0.25, -0.2) is 4.99 Å². The summed E-state index contributed by atoms with van der Waals surface area (Å²) in [5, 5.41) is 3.05. The third-order valence-electron chi connectivity index (χ3n) is 3.25. The van der Waals surface area contributed by atoms with E-state index in [1.165, 1.54) is 0 Å². The normalized spacial score (nSPS) is 10.7. The van der Waals surface area contributed by atoms with Crippen molar-refractivity contribution in [3.05, 3.63) is 53.6 Å². The van der Waals surface area contributed by atoms with Gasteiger partial charge in [-0.15, -0.1) is 24.0 Å². The molecule has 2 rings (SSSR count). The lowest BCUT2D eigenvalue weighted by molar-refractivity contribution is 0.411. The molecule has 0 unspecified atom stereocenters. The fourth-order valence-electron chi connectivity index (χ4n) is 2.08. The second kappa shape index (κ2) is 9.24. The van der Waals surface area contributed by atoms with Crippen molar-refractivity contribution in [1.82, 2.24) is 0 Å². The van der Waals surface area contributed by atoms with Crippen LogP contribution < -0.4 is 20.5 Å². The second-order valence-corrected chi connectivity index (χ2v) is 4.86. The van der Waals surface area contributed by atoms with E-state index in [9.17, 15) is 0 Å². The zero-order valence-electron chi connectivity index (χ0n) is 13.5. The number of nitrogens with zero attached hydrogens (tertiary/aromatic N) is 1. The topological polar surface area (TPSA) is 68.9 Å². The number of anilines is 1. The molecule has 0 aliphatic carbocycles. The third-order valence-corrected chi connectivity index (χ3v) is 3.25. The van der Waals surface area contributed by atoms with E-state index >= 15 is 0 Å². The van der Waals surface area contributed by atoms with Crippen LogP contribution in [0.15, 0.2) is 47.5 Å². The lowest BCUT2D eigenvalue weighted by Gasteiger charge is -2.08. The lowest BCUT2D eigenvalue weighted by atomic mass is 10.1. The number of hydrogen-bond acceptors (Lipinski definition) is 3. The van der Waals surface area contributed by atoms with Gasteiger partial charge in [0.15, 0.2) is 5.96 Å². The molecule has 0 saturated carbocycles. The van der Waals surface area contributed by atoms with Crippen molar-refractivity contribution in [2.75, 3.05) is 19.5 Å². The van der Waals surface area contributed by atoms with Crippen molar-refractivity contribution in [1.29, 1.82) is 0 Å². The first kappa shape index (κ1) is 19.1. The summed E-state index contributed by atoms with van der Waals surface area (Å²) < 4.78 is 10.4. The molecule has 23 heavy (non-hydrogen) atoms. The van der Waals surface area contributed by atoms with Crippen molar-refractivity contribution in [2.24, 2.45) is 10.7 Å². The van der Waals surface area contributed by atoms with Crippen LogP contribution in [0.5, 0.6) is 11.5 Å². The number of nitrogens with two attached hydrogens (primary N) is 1. The standard InChI is InChI=1S/C17H21N3O2.HI/c1-12-10-13(4-9-16(12)22-3)11-19-17(18)20-14-5-7-15(21-2)8-6-14;/h4-10H,11H2,1-3H3,(H3,18,19,20);1H. The Bertz CT molecular complexity index is 657. The molecule has 2 aromatic carbocycles. The average molecular weight is 427 g/mol. The quantitative estimate of drug-likeness (QED) is 0.435. The second-order valence-electron chi connectivity index (χ2n) is 4.86. The van der Waals surface area contributed by atoms with Crippen LogP contribution in [0.2, 0.25) is 0 Å². The van der Waals surface area contributed by atoms with E-state index in [-0.39, 0.29) is 24.0 Å². The average Bonchev–Trinajstić information content (AvgIpc) is 2.54. The molecule has 124 valence electrons. The highest BCUT2D eigenvalue weighted by atomic mass is 127. The van der Waals surface area contributed by atoms with Gasteiger partial charge in [-0.1, -0.05) is 12.1 Å². The zero-order chi connectivity index (χ0) is 15.9. The molecule has 0 aliphatic rings. The highest BCUT2D eigenvalue weighted by Crippen LogP contribution is 2.19. The maximum atomic E-state index is 5.90. The number of aliphatic imine (C=N–C) groups is 1. The Kier molecular flexibility index (Phi) is 7.67. The zero-order valence-corrected chi connectivity index (χ0v) is 15.8. The number of ether oxygens (including phenoxy) is 2. The van der Waals surface area contributed by atoms with Crippen molar-refractivity contribution in [3.63, 3.8) is 0 Å². The summed E-state index contributed by atoms with van der Waals surface area (Å²) in [6, 6.07) is 13.5. The molecule has 0 aromatic heterocycles.